The number of nitro groups is 1. The Hall–Kier alpha value is -3.62. The summed E-state index contributed by atoms with van der Waals surface area (Å²) in [5.41, 5.74) is 0.924. The predicted molar refractivity (Wildman–Crippen MR) is 95.5 cm³/mol. The molecule has 1 aliphatic rings. The lowest BCUT2D eigenvalue weighted by molar-refractivity contribution is -0.384. The third-order valence-electron chi connectivity index (χ3n) is 3.96. The molecule has 0 aliphatic carbocycles. The molecule has 0 spiro atoms. The monoisotopic (exact) mass is 371 g/mol. The maximum Gasteiger partial charge on any atom is 0.270 e. The highest BCUT2D eigenvalue weighted by Gasteiger charge is 2.34. The van der Waals surface area contributed by atoms with Gasteiger partial charge in [-0.3, -0.25) is 14.9 Å². The van der Waals surface area contributed by atoms with Gasteiger partial charge in [0.05, 0.1) is 19.1 Å². The van der Waals surface area contributed by atoms with Crippen LogP contribution in [0, 0.1) is 10.1 Å². The lowest BCUT2D eigenvalue weighted by atomic mass is 10.1. The van der Waals surface area contributed by atoms with Crippen LogP contribution < -0.4 is 9.47 Å². The molecule has 0 saturated heterocycles. The first kappa shape index (κ1) is 18.2. The molecule has 2 aromatic carbocycles. The first-order valence-electron chi connectivity index (χ1n) is 7.96. The van der Waals surface area contributed by atoms with Crippen LogP contribution in [0.1, 0.15) is 24.3 Å². The molecule has 0 bridgehead atoms. The zero-order valence-corrected chi connectivity index (χ0v) is 14.9. The highest BCUT2D eigenvalue weighted by molar-refractivity contribution is 5.96. The smallest absolute Gasteiger partial charge is 0.270 e. The molecule has 1 heterocycles. The number of ether oxygens (including phenoxy) is 3. The second-order valence-electron chi connectivity index (χ2n) is 5.66. The molecule has 1 amide bonds. The summed E-state index contributed by atoms with van der Waals surface area (Å²) >= 11 is 0. The molecule has 1 aliphatic heterocycles. The van der Waals surface area contributed by atoms with Gasteiger partial charge in [-0.15, -0.1) is 5.10 Å². The van der Waals surface area contributed by atoms with Gasteiger partial charge in [0.2, 0.25) is 18.0 Å². The van der Waals surface area contributed by atoms with Gasteiger partial charge >= 0.3 is 0 Å². The standard InChI is InChI=1S/C18H17N3O6/c1-11(22)20-18(13-7-8-15(25-2)16(10-13)26-3)27-17(19-20)12-5-4-6-14(9-12)21(23)24/h4-10,18H,1-3H3/t18-/m0/s1. The topological polar surface area (TPSA) is 103 Å². The Morgan fingerprint density at radius 1 is 1.19 bits per heavy atom. The number of hydrazone groups is 1. The molecule has 3 rings (SSSR count). The molecule has 27 heavy (non-hydrogen) atoms. The minimum absolute atomic E-state index is 0.0947. The van der Waals surface area contributed by atoms with Crippen molar-refractivity contribution in [2.75, 3.05) is 14.2 Å². The predicted octanol–water partition coefficient (Wildman–Crippen LogP) is 2.85. The second kappa shape index (κ2) is 7.32. The van der Waals surface area contributed by atoms with Gasteiger partial charge in [-0.1, -0.05) is 6.07 Å². The summed E-state index contributed by atoms with van der Waals surface area (Å²) in [4.78, 5) is 22.5. The summed E-state index contributed by atoms with van der Waals surface area (Å²) < 4.78 is 16.4. The van der Waals surface area contributed by atoms with Crippen molar-refractivity contribution in [2.45, 2.75) is 13.2 Å². The number of methoxy groups -OCH3 is 2. The number of hydrogen-bond donors (Lipinski definition) is 0. The van der Waals surface area contributed by atoms with Crippen LogP contribution in [0.5, 0.6) is 11.5 Å². The largest absolute Gasteiger partial charge is 0.493 e. The van der Waals surface area contributed by atoms with Crippen LogP contribution in [0.2, 0.25) is 0 Å². The van der Waals surface area contributed by atoms with Crippen molar-refractivity contribution in [3.8, 4) is 11.5 Å². The van der Waals surface area contributed by atoms with E-state index in [9.17, 15) is 14.9 Å². The Labute approximate surface area is 154 Å². The lowest BCUT2D eigenvalue weighted by Crippen LogP contribution is -2.25. The fourth-order valence-electron chi connectivity index (χ4n) is 2.66. The van der Waals surface area contributed by atoms with Crippen LogP contribution in [-0.4, -0.2) is 36.0 Å². The average molecular weight is 371 g/mol. The number of nitrogens with zero attached hydrogens (tertiary/aromatic N) is 3. The lowest BCUT2D eigenvalue weighted by Gasteiger charge is -2.20. The van der Waals surface area contributed by atoms with Crippen LogP contribution in [-0.2, 0) is 9.53 Å². The van der Waals surface area contributed by atoms with E-state index in [4.69, 9.17) is 14.2 Å². The van der Waals surface area contributed by atoms with Crippen LogP contribution in [0.15, 0.2) is 47.6 Å². The van der Waals surface area contributed by atoms with Gasteiger partial charge in [-0.2, -0.15) is 5.01 Å². The van der Waals surface area contributed by atoms with Crippen molar-refractivity contribution < 1.29 is 23.9 Å². The van der Waals surface area contributed by atoms with Crippen molar-refractivity contribution >= 4 is 17.5 Å². The van der Waals surface area contributed by atoms with E-state index in [0.717, 1.165) is 0 Å². The van der Waals surface area contributed by atoms with Gasteiger partial charge in [-0.05, 0) is 24.3 Å². The minimum Gasteiger partial charge on any atom is -0.493 e. The molecule has 2 aromatic rings. The van der Waals surface area contributed by atoms with E-state index < -0.39 is 11.2 Å². The SMILES string of the molecule is COc1ccc([C@@H]2OC(c3cccc([N+](=O)[O-])c3)=NN2C(C)=O)cc1OC. The maximum absolute atomic E-state index is 12.0. The van der Waals surface area contributed by atoms with E-state index in [2.05, 4.69) is 5.10 Å². The number of benzene rings is 2. The van der Waals surface area contributed by atoms with Gasteiger partial charge in [0.1, 0.15) is 0 Å². The molecule has 0 radical (unpaired) electrons. The highest BCUT2D eigenvalue weighted by Crippen LogP contribution is 2.36. The highest BCUT2D eigenvalue weighted by atomic mass is 16.6. The molecule has 0 fully saturated rings. The molecule has 9 heteroatoms. The van der Waals surface area contributed by atoms with Crippen molar-refractivity contribution in [1.29, 1.82) is 0 Å². The Morgan fingerprint density at radius 2 is 1.93 bits per heavy atom. The number of non-ortho nitro benzene ring substituents is 1. The van der Waals surface area contributed by atoms with Crippen LogP contribution >= 0.6 is 0 Å². The number of hydrogen-bond acceptors (Lipinski definition) is 7. The third-order valence-corrected chi connectivity index (χ3v) is 3.96. The maximum atomic E-state index is 12.0. The number of carbonyl (C=O) groups is 1. The van der Waals surface area contributed by atoms with Crippen LogP contribution in [0.25, 0.3) is 0 Å². The summed E-state index contributed by atoms with van der Waals surface area (Å²) in [5.74, 6) is 0.795. The van der Waals surface area contributed by atoms with E-state index in [-0.39, 0.29) is 17.5 Å². The summed E-state index contributed by atoms with van der Waals surface area (Å²) in [5, 5.41) is 16.4. The van der Waals surface area contributed by atoms with Crippen molar-refractivity contribution in [2.24, 2.45) is 5.10 Å². The van der Waals surface area contributed by atoms with Gasteiger partial charge in [0.15, 0.2) is 11.5 Å². The number of nitro benzene ring substituents is 1. The second-order valence-corrected chi connectivity index (χ2v) is 5.66. The van der Waals surface area contributed by atoms with Crippen molar-refractivity contribution in [3.05, 3.63) is 63.7 Å². The van der Waals surface area contributed by atoms with Gasteiger partial charge < -0.3 is 14.2 Å². The first-order valence-corrected chi connectivity index (χ1v) is 7.96. The van der Waals surface area contributed by atoms with Gasteiger partial charge in [0.25, 0.3) is 5.69 Å². The van der Waals surface area contributed by atoms with Crippen molar-refractivity contribution in [1.82, 2.24) is 5.01 Å². The van der Waals surface area contributed by atoms with E-state index in [1.54, 1.807) is 24.3 Å². The molecule has 9 nitrogen and oxygen atoms in total. The average Bonchev–Trinajstić information content (AvgIpc) is 3.13. The molecule has 0 unspecified atom stereocenters. The molecular weight excluding hydrogens is 354 g/mol. The fourth-order valence-corrected chi connectivity index (χ4v) is 2.66. The number of amides is 1. The first-order chi connectivity index (χ1) is 12.9. The Morgan fingerprint density at radius 3 is 2.56 bits per heavy atom. The zero-order valence-electron chi connectivity index (χ0n) is 14.9. The summed E-state index contributed by atoms with van der Waals surface area (Å²) in [6, 6.07) is 11.0. The van der Waals surface area contributed by atoms with Gasteiger partial charge in [0, 0.05) is 30.2 Å². The van der Waals surface area contributed by atoms with E-state index in [0.29, 0.717) is 22.6 Å². The summed E-state index contributed by atoms with van der Waals surface area (Å²) in [7, 11) is 3.03. The quantitative estimate of drug-likeness (QED) is 0.591. The number of rotatable bonds is 5. The van der Waals surface area contributed by atoms with Crippen LogP contribution in [0.4, 0.5) is 5.69 Å². The molecule has 140 valence electrons. The van der Waals surface area contributed by atoms with Gasteiger partial charge in [-0.25, -0.2) is 0 Å². The van der Waals surface area contributed by atoms with E-state index >= 15 is 0 Å². The van der Waals surface area contributed by atoms with E-state index in [1.807, 2.05) is 0 Å². The summed E-state index contributed by atoms with van der Waals surface area (Å²) in [6.07, 6.45) is -0.823. The Balaban J connectivity index is 1.96. The number of carbonyl (C=O) groups excluding carboxylic acids is 1. The zero-order chi connectivity index (χ0) is 19.6. The molecule has 0 N–H and O–H groups in total. The minimum atomic E-state index is -0.823. The van der Waals surface area contributed by atoms with Crippen LogP contribution in [0.3, 0.4) is 0 Å². The normalized spacial score (nSPS) is 15.7. The molecule has 1 atom stereocenters. The summed E-state index contributed by atoms with van der Waals surface area (Å²) in [6.45, 7) is 1.36. The molecule has 0 saturated carbocycles. The third kappa shape index (κ3) is 3.52. The van der Waals surface area contributed by atoms with E-state index in [1.165, 1.54) is 44.4 Å². The van der Waals surface area contributed by atoms with Crippen molar-refractivity contribution in [3.63, 3.8) is 0 Å². The fraction of sp³-hybridized carbons (Fsp3) is 0.222. The Kier molecular flexibility index (Phi) is 4.93. The molecular formula is C18H17N3O6. The molecule has 0 aromatic heterocycles. The Bertz CT molecular complexity index is 927.